The second kappa shape index (κ2) is 16.8. The van der Waals surface area contributed by atoms with Gasteiger partial charge in [0.2, 0.25) is 0 Å². The van der Waals surface area contributed by atoms with Gasteiger partial charge in [-0.15, -0.1) is 0 Å². The van der Waals surface area contributed by atoms with Gasteiger partial charge < -0.3 is 10.7 Å². The van der Waals surface area contributed by atoms with E-state index in [0.717, 1.165) is 0 Å². The van der Waals surface area contributed by atoms with Crippen LogP contribution >= 0.6 is 0 Å². The first-order valence-corrected chi connectivity index (χ1v) is 6.12. The van der Waals surface area contributed by atoms with Crippen molar-refractivity contribution in [2.24, 2.45) is 5.41 Å². The van der Waals surface area contributed by atoms with Crippen molar-refractivity contribution < 1.29 is 108 Å². The van der Waals surface area contributed by atoms with Crippen LogP contribution < -0.4 is 0 Å². The third kappa shape index (κ3) is 22.0. The summed E-state index contributed by atoms with van der Waals surface area (Å²) in [6.07, 6.45) is 0. The van der Waals surface area contributed by atoms with Crippen LogP contribution in [0.5, 0.6) is 0 Å². The first kappa shape index (κ1) is 30.8. The standard InChI is InChI=1S/C12H15O2.C4H9.3Y/c1-12(2,3)9-14-11(13)10-7-5-4-6-8-10;1-4(2)3;;;/h5-8H,9H2,1-3H3;1-3H3;;;/q2*-1;;;. The zero-order valence-corrected chi connectivity index (χ0v) is 22.6. The van der Waals surface area contributed by atoms with Crippen LogP contribution in [0.2, 0.25) is 0 Å². The molecule has 0 unspecified atom stereocenters. The summed E-state index contributed by atoms with van der Waals surface area (Å²) in [6, 6.07) is 9.66. The molecule has 0 N–H and O–H groups in total. The van der Waals surface area contributed by atoms with E-state index in [-0.39, 0.29) is 110 Å². The van der Waals surface area contributed by atoms with Crippen LogP contribution in [0.15, 0.2) is 24.3 Å². The molecule has 0 spiro atoms. The number of carbonyl (C=O) groups excluding carboxylic acids is 1. The topological polar surface area (TPSA) is 26.3 Å². The summed E-state index contributed by atoms with van der Waals surface area (Å²) in [5.74, 6) is 1.15. The molecule has 0 aliphatic heterocycles. The van der Waals surface area contributed by atoms with Gasteiger partial charge in [-0.3, -0.25) is 0 Å². The molecule has 0 saturated heterocycles. The summed E-state index contributed by atoms with van der Waals surface area (Å²) >= 11 is 0. The van der Waals surface area contributed by atoms with E-state index in [1.807, 2.05) is 20.8 Å². The summed E-state index contributed by atoms with van der Waals surface area (Å²) in [5.41, 5.74) is 0.587. The Kier molecular flexibility index (Phi) is 24.7. The number of carbonyl (C=O) groups is 1. The van der Waals surface area contributed by atoms with Crippen LogP contribution in [0.1, 0.15) is 51.9 Å². The average molecular weight is 515 g/mol. The molecule has 0 fully saturated rings. The normalized spacial score (nSPS) is 9.10. The van der Waals surface area contributed by atoms with E-state index in [9.17, 15) is 4.79 Å². The van der Waals surface area contributed by atoms with E-state index < -0.39 is 0 Å². The van der Waals surface area contributed by atoms with E-state index in [0.29, 0.717) is 12.2 Å². The molecule has 0 atom stereocenters. The second-order valence-electron chi connectivity index (χ2n) is 5.93. The van der Waals surface area contributed by atoms with Crippen molar-refractivity contribution in [1.29, 1.82) is 0 Å². The minimum Gasteiger partial charge on any atom is -0.463 e. The van der Waals surface area contributed by atoms with Gasteiger partial charge in [0.1, 0.15) is 0 Å². The third-order valence-electron chi connectivity index (χ3n) is 1.59. The largest absolute Gasteiger partial charge is 0.463 e. The van der Waals surface area contributed by atoms with E-state index in [1.165, 1.54) is 5.92 Å². The molecule has 0 amide bonds. The molecule has 1 aromatic rings. The van der Waals surface area contributed by atoms with Gasteiger partial charge >= 0.3 is 5.97 Å². The van der Waals surface area contributed by atoms with Gasteiger partial charge in [-0.05, 0) is 11.0 Å². The van der Waals surface area contributed by atoms with Crippen molar-refractivity contribution in [2.75, 3.05) is 6.61 Å². The Morgan fingerprint density at radius 1 is 1.10 bits per heavy atom. The minimum absolute atomic E-state index is 0. The van der Waals surface area contributed by atoms with Gasteiger partial charge in [0.15, 0.2) is 0 Å². The van der Waals surface area contributed by atoms with E-state index in [2.05, 4.69) is 26.8 Å². The number of benzene rings is 1. The number of ether oxygens (including phenoxy) is 1. The molecule has 0 saturated carbocycles. The fourth-order valence-electron chi connectivity index (χ4n) is 0.888. The molecule has 1 rings (SSSR count). The molecule has 0 heterocycles. The number of hydrogen-bond donors (Lipinski definition) is 0. The monoisotopic (exact) mass is 515 g/mol. The van der Waals surface area contributed by atoms with Crippen molar-refractivity contribution in [3.63, 3.8) is 0 Å². The number of esters is 1. The fraction of sp³-hybridized carbons (Fsp3) is 0.500. The first-order valence-electron chi connectivity index (χ1n) is 6.12. The van der Waals surface area contributed by atoms with Crippen LogP contribution in [0.4, 0.5) is 0 Å². The molecule has 5 heteroatoms. The molecular weight excluding hydrogens is 491 g/mol. The van der Waals surface area contributed by atoms with Gasteiger partial charge in [-0.25, -0.2) is 4.79 Å². The predicted molar refractivity (Wildman–Crippen MR) is 75.3 cm³/mol. The maximum absolute atomic E-state index is 11.5. The van der Waals surface area contributed by atoms with Gasteiger partial charge in [0, 0.05) is 98.1 Å². The molecule has 1 aromatic carbocycles. The van der Waals surface area contributed by atoms with Gasteiger partial charge in [-0.2, -0.15) is 51.1 Å². The Labute approximate surface area is 206 Å². The summed E-state index contributed by atoms with van der Waals surface area (Å²) in [6.45, 7) is 12.8. The molecule has 0 aliphatic rings. The van der Waals surface area contributed by atoms with E-state index in [1.54, 1.807) is 24.3 Å². The Morgan fingerprint density at radius 3 is 1.81 bits per heavy atom. The Bertz CT molecular complexity index is 344. The van der Waals surface area contributed by atoms with Gasteiger partial charge in [0.05, 0.1) is 6.61 Å². The van der Waals surface area contributed by atoms with Crippen LogP contribution in [0.3, 0.4) is 0 Å². The number of hydrogen-bond acceptors (Lipinski definition) is 2. The Hall–Kier alpha value is 2.00. The van der Waals surface area contributed by atoms with E-state index in [4.69, 9.17) is 4.74 Å². The zero-order valence-electron chi connectivity index (χ0n) is 14.1. The van der Waals surface area contributed by atoms with Crippen LogP contribution in [0.25, 0.3) is 0 Å². The van der Waals surface area contributed by atoms with Crippen molar-refractivity contribution >= 4 is 5.97 Å². The smallest absolute Gasteiger partial charge is 0.313 e. The fourth-order valence-corrected chi connectivity index (χ4v) is 0.888. The third-order valence-corrected chi connectivity index (χ3v) is 1.59. The molecule has 3 radical (unpaired) electrons. The van der Waals surface area contributed by atoms with Crippen molar-refractivity contribution in [1.82, 2.24) is 0 Å². The van der Waals surface area contributed by atoms with Gasteiger partial charge in [-0.1, -0.05) is 20.8 Å². The van der Waals surface area contributed by atoms with Crippen molar-refractivity contribution in [2.45, 2.75) is 41.5 Å². The zero-order chi connectivity index (χ0) is 14.2. The Morgan fingerprint density at radius 2 is 1.48 bits per heavy atom. The maximum Gasteiger partial charge on any atom is 0.313 e. The molecule has 21 heavy (non-hydrogen) atoms. The van der Waals surface area contributed by atoms with Crippen molar-refractivity contribution in [3.8, 4) is 0 Å². The molecule has 0 aliphatic carbocycles. The second-order valence-corrected chi connectivity index (χ2v) is 5.93. The number of rotatable bonds is 2. The summed E-state index contributed by atoms with van der Waals surface area (Å²) in [4.78, 5) is 11.5. The Balaban J connectivity index is -0.000000185. The van der Waals surface area contributed by atoms with Crippen LogP contribution in [-0.2, 0) is 103 Å². The quantitative estimate of drug-likeness (QED) is 0.434. The average Bonchev–Trinajstić information content (AvgIpc) is 2.25. The first-order chi connectivity index (χ1) is 8.22. The van der Waals surface area contributed by atoms with E-state index >= 15 is 0 Å². The SMILES string of the molecule is CC(C)(C)COC(=O)c1cc[c-]cc1.C[C-](C)C.[Y].[Y].[Y]. The molecule has 0 aromatic heterocycles. The molecular formula is C16H24O2Y3-2. The summed E-state index contributed by atoms with van der Waals surface area (Å²) in [7, 11) is 0. The molecule has 2 nitrogen and oxygen atoms in total. The predicted octanol–water partition coefficient (Wildman–Crippen LogP) is 4.30. The van der Waals surface area contributed by atoms with Crippen LogP contribution in [-0.4, -0.2) is 12.6 Å². The minimum atomic E-state index is -0.270. The van der Waals surface area contributed by atoms with Crippen molar-refractivity contribution in [3.05, 3.63) is 41.8 Å². The summed E-state index contributed by atoms with van der Waals surface area (Å²) in [5, 5.41) is 0. The summed E-state index contributed by atoms with van der Waals surface area (Å²) < 4.78 is 5.14. The molecule has 0 bridgehead atoms. The molecule has 111 valence electrons. The van der Waals surface area contributed by atoms with Crippen LogP contribution in [0, 0.1) is 17.4 Å². The van der Waals surface area contributed by atoms with Gasteiger partial charge in [0.25, 0.3) is 0 Å². The maximum atomic E-state index is 11.5.